The highest BCUT2D eigenvalue weighted by molar-refractivity contribution is 7.99. The van der Waals surface area contributed by atoms with Crippen LogP contribution in [0.1, 0.15) is 38.3 Å². The zero-order chi connectivity index (χ0) is 14.8. The van der Waals surface area contributed by atoms with Gasteiger partial charge >= 0.3 is 0 Å². The standard InChI is InChI=1S/C16H27N3S/c1-12-8-13(10-18-16(2,3)4)9-17-15(12)19(5)14-6-7-20-11-14/h8-9,14,18H,6-7,10-11H2,1-5H3. The lowest BCUT2D eigenvalue weighted by Crippen LogP contribution is -2.35. The van der Waals surface area contributed by atoms with Gasteiger partial charge in [-0.3, -0.25) is 0 Å². The van der Waals surface area contributed by atoms with Gasteiger partial charge in [0.1, 0.15) is 5.82 Å². The Labute approximate surface area is 127 Å². The molecule has 112 valence electrons. The number of thioether (sulfide) groups is 1. The smallest absolute Gasteiger partial charge is 0.131 e. The van der Waals surface area contributed by atoms with Gasteiger partial charge in [0.15, 0.2) is 0 Å². The highest BCUT2D eigenvalue weighted by Gasteiger charge is 2.22. The first-order valence-corrected chi connectivity index (χ1v) is 8.53. The summed E-state index contributed by atoms with van der Waals surface area (Å²) in [5.74, 6) is 3.64. The molecule has 0 radical (unpaired) electrons. The summed E-state index contributed by atoms with van der Waals surface area (Å²) in [6.45, 7) is 9.61. The second kappa shape index (κ2) is 6.35. The van der Waals surface area contributed by atoms with Gasteiger partial charge in [-0.15, -0.1) is 0 Å². The first-order chi connectivity index (χ1) is 9.37. The van der Waals surface area contributed by atoms with E-state index in [-0.39, 0.29) is 5.54 Å². The minimum absolute atomic E-state index is 0.143. The van der Waals surface area contributed by atoms with Crippen molar-refractivity contribution in [2.75, 3.05) is 23.5 Å². The fraction of sp³-hybridized carbons (Fsp3) is 0.688. The number of hydrogen-bond donors (Lipinski definition) is 1. The van der Waals surface area contributed by atoms with E-state index in [0.717, 1.165) is 12.4 Å². The fourth-order valence-corrected chi connectivity index (χ4v) is 3.73. The third-order valence-electron chi connectivity index (χ3n) is 3.72. The van der Waals surface area contributed by atoms with Gasteiger partial charge < -0.3 is 10.2 Å². The molecule has 0 amide bonds. The van der Waals surface area contributed by atoms with Crippen molar-refractivity contribution in [3.05, 3.63) is 23.4 Å². The lowest BCUT2D eigenvalue weighted by Gasteiger charge is -2.27. The van der Waals surface area contributed by atoms with Crippen molar-refractivity contribution in [1.82, 2.24) is 10.3 Å². The Hall–Kier alpha value is -0.740. The average Bonchev–Trinajstić information content (AvgIpc) is 2.88. The number of nitrogens with zero attached hydrogens (tertiary/aromatic N) is 2. The molecule has 0 bridgehead atoms. The van der Waals surface area contributed by atoms with E-state index >= 15 is 0 Å². The summed E-state index contributed by atoms with van der Waals surface area (Å²) >= 11 is 2.05. The molecule has 1 saturated heterocycles. The third-order valence-corrected chi connectivity index (χ3v) is 4.86. The summed E-state index contributed by atoms with van der Waals surface area (Å²) in [5.41, 5.74) is 2.68. The molecule has 2 rings (SSSR count). The largest absolute Gasteiger partial charge is 0.356 e. The molecular weight excluding hydrogens is 266 g/mol. The van der Waals surface area contributed by atoms with Gasteiger partial charge in [0.2, 0.25) is 0 Å². The Morgan fingerprint density at radius 3 is 2.75 bits per heavy atom. The lowest BCUT2D eigenvalue weighted by molar-refractivity contribution is 0.424. The number of aromatic nitrogens is 1. The maximum atomic E-state index is 4.70. The highest BCUT2D eigenvalue weighted by Crippen LogP contribution is 2.26. The van der Waals surface area contributed by atoms with Crippen molar-refractivity contribution in [2.45, 2.75) is 52.2 Å². The minimum atomic E-state index is 0.143. The van der Waals surface area contributed by atoms with Crippen LogP contribution in [0, 0.1) is 6.92 Å². The second-order valence-electron chi connectivity index (χ2n) is 6.72. The van der Waals surface area contributed by atoms with Gasteiger partial charge in [0.05, 0.1) is 0 Å². The molecule has 0 saturated carbocycles. The molecular formula is C16H27N3S. The predicted molar refractivity (Wildman–Crippen MR) is 89.7 cm³/mol. The summed E-state index contributed by atoms with van der Waals surface area (Å²) < 4.78 is 0. The average molecular weight is 293 g/mol. The Morgan fingerprint density at radius 1 is 1.45 bits per heavy atom. The minimum Gasteiger partial charge on any atom is -0.356 e. The van der Waals surface area contributed by atoms with Crippen LogP contribution in [0.4, 0.5) is 5.82 Å². The van der Waals surface area contributed by atoms with E-state index in [4.69, 9.17) is 4.98 Å². The van der Waals surface area contributed by atoms with Crippen LogP contribution < -0.4 is 10.2 Å². The van der Waals surface area contributed by atoms with Crippen LogP contribution in [0.3, 0.4) is 0 Å². The number of rotatable bonds is 4. The van der Waals surface area contributed by atoms with Gasteiger partial charge in [-0.1, -0.05) is 0 Å². The van der Waals surface area contributed by atoms with E-state index in [1.54, 1.807) is 0 Å². The summed E-state index contributed by atoms with van der Waals surface area (Å²) in [7, 11) is 2.18. The molecule has 4 heteroatoms. The van der Waals surface area contributed by atoms with E-state index in [1.165, 1.54) is 29.1 Å². The first kappa shape index (κ1) is 15.6. The zero-order valence-corrected chi connectivity index (χ0v) is 14.2. The molecule has 3 nitrogen and oxygen atoms in total. The normalized spacial score (nSPS) is 19.4. The topological polar surface area (TPSA) is 28.2 Å². The maximum Gasteiger partial charge on any atom is 0.131 e. The van der Waals surface area contributed by atoms with E-state index in [1.807, 2.05) is 18.0 Å². The van der Waals surface area contributed by atoms with E-state index in [2.05, 4.69) is 51.0 Å². The second-order valence-corrected chi connectivity index (χ2v) is 7.87. The molecule has 1 N–H and O–H groups in total. The van der Waals surface area contributed by atoms with Crippen molar-refractivity contribution in [3.63, 3.8) is 0 Å². The zero-order valence-electron chi connectivity index (χ0n) is 13.4. The monoisotopic (exact) mass is 293 g/mol. The van der Waals surface area contributed by atoms with Gasteiger partial charge in [-0.25, -0.2) is 4.98 Å². The number of aryl methyl sites for hydroxylation is 1. The van der Waals surface area contributed by atoms with E-state index in [9.17, 15) is 0 Å². The third kappa shape index (κ3) is 4.13. The van der Waals surface area contributed by atoms with E-state index in [0.29, 0.717) is 6.04 Å². The molecule has 1 fully saturated rings. The van der Waals surface area contributed by atoms with Crippen LogP contribution >= 0.6 is 11.8 Å². The summed E-state index contributed by atoms with van der Waals surface area (Å²) in [4.78, 5) is 7.06. The van der Waals surface area contributed by atoms with Crippen LogP contribution in [0.5, 0.6) is 0 Å². The van der Waals surface area contributed by atoms with Crippen LogP contribution in [0.15, 0.2) is 12.3 Å². The van der Waals surface area contributed by atoms with Crippen molar-refractivity contribution in [2.24, 2.45) is 0 Å². The molecule has 1 unspecified atom stereocenters. The number of pyridine rings is 1. The molecule has 1 aliphatic rings. The van der Waals surface area contributed by atoms with E-state index < -0.39 is 0 Å². The van der Waals surface area contributed by atoms with Gasteiger partial charge in [0, 0.05) is 37.1 Å². The SMILES string of the molecule is Cc1cc(CNC(C)(C)C)cnc1N(C)C1CCSC1. The number of nitrogens with one attached hydrogen (secondary N) is 1. The Bertz CT molecular complexity index is 448. The molecule has 2 heterocycles. The van der Waals surface area contributed by atoms with Crippen molar-refractivity contribution >= 4 is 17.6 Å². The Balaban J connectivity index is 2.05. The van der Waals surface area contributed by atoms with Crippen LogP contribution in [-0.4, -0.2) is 35.1 Å². The predicted octanol–water partition coefficient (Wildman–Crippen LogP) is 3.22. The van der Waals surface area contributed by atoms with Crippen LogP contribution in [0.25, 0.3) is 0 Å². The molecule has 1 aromatic rings. The molecule has 1 aromatic heterocycles. The summed E-state index contributed by atoms with van der Waals surface area (Å²) in [6, 6.07) is 2.91. The van der Waals surface area contributed by atoms with Crippen LogP contribution in [-0.2, 0) is 6.54 Å². The Morgan fingerprint density at radius 2 is 2.20 bits per heavy atom. The molecule has 0 aromatic carbocycles. The number of hydrogen-bond acceptors (Lipinski definition) is 4. The van der Waals surface area contributed by atoms with Gasteiger partial charge in [-0.2, -0.15) is 11.8 Å². The Kier molecular flexibility index (Phi) is 4.97. The summed E-state index contributed by atoms with van der Waals surface area (Å²) in [5, 5.41) is 3.51. The molecule has 20 heavy (non-hydrogen) atoms. The van der Waals surface area contributed by atoms with Crippen molar-refractivity contribution in [3.8, 4) is 0 Å². The fourth-order valence-electron chi connectivity index (χ4n) is 2.46. The molecule has 1 aliphatic heterocycles. The molecule has 0 aliphatic carbocycles. The van der Waals surface area contributed by atoms with Crippen molar-refractivity contribution in [1.29, 1.82) is 0 Å². The molecule has 0 spiro atoms. The lowest BCUT2D eigenvalue weighted by atomic mass is 10.1. The van der Waals surface area contributed by atoms with Gasteiger partial charge in [0.25, 0.3) is 0 Å². The maximum absolute atomic E-state index is 4.70. The van der Waals surface area contributed by atoms with Gasteiger partial charge in [-0.05, 0) is 57.1 Å². The summed E-state index contributed by atoms with van der Waals surface area (Å²) in [6.07, 6.45) is 3.29. The van der Waals surface area contributed by atoms with Crippen LogP contribution in [0.2, 0.25) is 0 Å². The first-order valence-electron chi connectivity index (χ1n) is 7.38. The number of anilines is 1. The quantitative estimate of drug-likeness (QED) is 0.922. The van der Waals surface area contributed by atoms with Crippen molar-refractivity contribution < 1.29 is 0 Å². The molecule has 1 atom stereocenters. The highest BCUT2D eigenvalue weighted by atomic mass is 32.2.